The van der Waals surface area contributed by atoms with Gasteiger partial charge in [-0.3, -0.25) is 4.79 Å². The van der Waals surface area contributed by atoms with E-state index in [2.05, 4.69) is 15.3 Å². The predicted molar refractivity (Wildman–Crippen MR) is 54.2 cm³/mol. The smallest absolute Gasteiger partial charge is 0.368 e. The zero-order valence-corrected chi connectivity index (χ0v) is 9.01. The van der Waals surface area contributed by atoms with Gasteiger partial charge in [-0.15, -0.1) is 0 Å². The summed E-state index contributed by atoms with van der Waals surface area (Å²) < 4.78 is 35.5. The number of aromatic nitrogens is 2. The van der Waals surface area contributed by atoms with Crippen molar-refractivity contribution >= 4 is 11.9 Å². The van der Waals surface area contributed by atoms with E-state index >= 15 is 0 Å². The van der Waals surface area contributed by atoms with Gasteiger partial charge in [0.1, 0.15) is 5.69 Å². The Kier molecular flexibility index (Phi) is 3.87. The Labute approximate surface area is 95.2 Å². The van der Waals surface area contributed by atoms with E-state index in [0.717, 1.165) is 0 Å². The molecule has 0 saturated carbocycles. The van der Waals surface area contributed by atoms with E-state index in [1.54, 1.807) is 6.92 Å². The molecule has 1 aromatic heterocycles. The van der Waals surface area contributed by atoms with Gasteiger partial charge < -0.3 is 11.1 Å². The minimum absolute atomic E-state index is 0.0443. The van der Waals surface area contributed by atoms with Gasteiger partial charge in [0.05, 0.1) is 6.42 Å². The van der Waals surface area contributed by atoms with Crippen molar-refractivity contribution in [3.05, 3.63) is 17.5 Å². The van der Waals surface area contributed by atoms with Gasteiger partial charge in [-0.25, -0.2) is 9.97 Å². The van der Waals surface area contributed by atoms with Crippen LogP contribution >= 0.6 is 0 Å². The van der Waals surface area contributed by atoms with Crippen molar-refractivity contribution in [3.8, 4) is 0 Å². The summed E-state index contributed by atoms with van der Waals surface area (Å²) in [6.07, 6.45) is -5.38. The van der Waals surface area contributed by atoms with Crippen molar-refractivity contribution in [3.63, 3.8) is 0 Å². The van der Waals surface area contributed by atoms with Crippen LogP contribution in [0, 0.1) is 6.92 Å². The molecule has 3 N–H and O–H groups in total. The molecule has 0 bridgehead atoms. The summed E-state index contributed by atoms with van der Waals surface area (Å²) in [4.78, 5) is 18.8. The third-order valence-corrected chi connectivity index (χ3v) is 1.80. The van der Waals surface area contributed by atoms with Crippen LogP contribution in [0.25, 0.3) is 0 Å². The van der Waals surface area contributed by atoms with Crippen molar-refractivity contribution in [2.24, 2.45) is 0 Å². The van der Waals surface area contributed by atoms with Crippen molar-refractivity contribution < 1.29 is 18.0 Å². The normalized spacial score (nSPS) is 11.3. The molecule has 1 heterocycles. The Hall–Kier alpha value is -1.86. The van der Waals surface area contributed by atoms with Crippen LogP contribution in [-0.4, -0.2) is 28.6 Å². The minimum atomic E-state index is -4.30. The van der Waals surface area contributed by atoms with Crippen LogP contribution in [0.15, 0.2) is 6.07 Å². The van der Waals surface area contributed by atoms with E-state index in [0.29, 0.717) is 5.69 Å². The van der Waals surface area contributed by atoms with E-state index < -0.39 is 25.0 Å². The second-order valence-electron chi connectivity index (χ2n) is 3.37. The number of nitrogens with two attached hydrogens (primary N) is 1. The maximum atomic E-state index is 11.8. The Morgan fingerprint density at radius 3 is 2.65 bits per heavy atom. The zero-order valence-electron chi connectivity index (χ0n) is 9.01. The summed E-state index contributed by atoms with van der Waals surface area (Å²) in [5.41, 5.74) is 5.74. The highest BCUT2D eigenvalue weighted by Crippen LogP contribution is 2.18. The van der Waals surface area contributed by atoms with Gasteiger partial charge in [0.15, 0.2) is 0 Å². The molecule has 5 nitrogen and oxygen atoms in total. The highest BCUT2D eigenvalue weighted by atomic mass is 19.4. The summed E-state index contributed by atoms with van der Waals surface area (Å²) >= 11 is 0. The molecule has 1 aromatic rings. The number of nitrogens with zero attached hydrogens (tertiary/aromatic N) is 2. The lowest BCUT2D eigenvalue weighted by Crippen LogP contribution is -2.29. The maximum absolute atomic E-state index is 11.8. The standard InChI is InChI=1S/C9H11F3N4O/c1-5-4-6(16-8(13)15-5)7(17)14-3-2-9(10,11)12/h4H,2-3H2,1H3,(H,14,17)(H2,13,15,16). The number of carbonyl (C=O) groups is 1. The average Bonchev–Trinajstić information content (AvgIpc) is 2.13. The number of amides is 1. The molecule has 0 aliphatic rings. The molecular formula is C9H11F3N4O. The van der Waals surface area contributed by atoms with Gasteiger partial charge in [-0.2, -0.15) is 13.2 Å². The van der Waals surface area contributed by atoms with Crippen LogP contribution in [-0.2, 0) is 0 Å². The van der Waals surface area contributed by atoms with E-state index in [1.807, 2.05) is 0 Å². The SMILES string of the molecule is Cc1cc(C(=O)NCCC(F)(F)F)nc(N)n1. The summed E-state index contributed by atoms with van der Waals surface area (Å²) in [7, 11) is 0. The Balaban J connectivity index is 2.58. The number of rotatable bonds is 3. The molecule has 0 aromatic carbocycles. The number of hydrogen-bond donors (Lipinski definition) is 2. The average molecular weight is 248 g/mol. The lowest BCUT2D eigenvalue weighted by Gasteiger charge is -2.07. The van der Waals surface area contributed by atoms with Crippen LogP contribution in [0.4, 0.5) is 19.1 Å². The number of alkyl halides is 3. The quantitative estimate of drug-likeness (QED) is 0.837. The fourth-order valence-electron chi connectivity index (χ4n) is 1.12. The first-order valence-electron chi connectivity index (χ1n) is 4.74. The topological polar surface area (TPSA) is 80.9 Å². The molecule has 1 rings (SSSR count). The lowest BCUT2D eigenvalue weighted by atomic mass is 10.3. The Bertz CT molecular complexity index is 399. The first-order valence-corrected chi connectivity index (χ1v) is 4.74. The Morgan fingerprint density at radius 2 is 2.12 bits per heavy atom. The minimum Gasteiger partial charge on any atom is -0.368 e. The number of halogens is 3. The molecule has 0 saturated heterocycles. The van der Waals surface area contributed by atoms with Crippen LogP contribution < -0.4 is 11.1 Å². The summed E-state index contributed by atoms with van der Waals surface area (Å²) in [6, 6.07) is 1.35. The van der Waals surface area contributed by atoms with Crippen molar-refractivity contribution in [2.75, 3.05) is 12.3 Å². The summed E-state index contributed by atoms with van der Waals surface area (Å²) in [5, 5.41) is 2.11. The highest BCUT2D eigenvalue weighted by Gasteiger charge is 2.26. The molecule has 0 fully saturated rings. The molecule has 1 amide bonds. The van der Waals surface area contributed by atoms with Crippen LogP contribution in [0.2, 0.25) is 0 Å². The molecule has 0 spiro atoms. The van der Waals surface area contributed by atoms with E-state index in [9.17, 15) is 18.0 Å². The van der Waals surface area contributed by atoms with Crippen molar-refractivity contribution in [2.45, 2.75) is 19.5 Å². The predicted octanol–water partition coefficient (Wildman–Crippen LogP) is 1.05. The van der Waals surface area contributed by atoms with Crippen LogP contribution in [0.1, 0.15) is 22.6 Å². The van der Waals surface area contributed by atoms with Crippen molar-refractivity contribution in [1.82, 2.24) is 15.3 Å². The third-order valence-electron chi connectivity index (χ3n) is 1.80. The van der Waals surface area contributed by atoms with Crippen LogP contribution in [0.5, 0.6) is 0 Å². The van der Waals surface area contributed by atoms with Gasteiger partial charge in [0.2, 0.25) is 5.95 Å². The number of carbonyl (C=O) groups excluding carboxylic acids is 1. The van der Waals surface area contributed by atoms with Gasteiger partial charge in [-0.05, 0) is 13.0 Å². The lowest BCUT2D eigenvalue weighted by molar-refractivity contribution is -0.132. The first kappa shape index (κ1) is 13.2. The molecule has 94 valence electrons. The largest absolute Gasteiger partial charge is 0.390 e. The zero-order chi connectivity index (χ0) is 13.1. The molecule has 17 heavy (non-hydrogen) atoms. The van der Waals surface area contributed by atoms with E-state index in [-0.39, 0.29) is 11.6 Å². The summed E-state index contributed by atoms with van der Waals surface area (Å²) in [5.74, 6) is -0.794. The number of nitrogen functional groups attached to an aromatic ring is 1. The summed E-state index contributed by atoms with van der Waals surface area (Å²) in [6.45, 7) is 1.11. The number of aryl methyl sites for hydroxylation is 1. The fraction of sp³-hybridized carbons (Fsp3) is 0.444. The maximum Gasteiger partial charge on any atom is 0.390 e. The molecular weight excluding hydrogens is 237 g/mol. The monoisotopic (exact) mass is 248 g/mol. The number of hydrogen-bond acceptors (Lipinski definition) is 4. The first-order chi connectivity index (χ1) is 7.78. The van der Waals surface area contributed by atoms with Gasteiger partial charge in [-0.1, -0.05) is 0 Å². The van der Waals surface area contributed by atoms with E-state index in [1.165, 1.54) is 6.07 Å². The van der Waals surface area contributed by atoms with Gasteiger partial charge >= 0.3 is 6.18 Å². The molecule has 0 aliphatic heterocycles. The molecule has 0 aliphatic carbocycles. The van der Waals surface area contributed by atoms with Crippen LogP contribution in [0.3, 0.4) is 0 Å². The van der Waals surface area contributed by atoms with Gasteiger partial charge in [0.25, 0.3) is 5.91 Å². The molecule has 0 radical (unpaired) electrons. The van der Waals surface area contributed by atoms with Crippen molar-refractivity contribution in [1.29, 1.82) is 0 Å². The van der Waals surface area contributed by atoms with E-state index in [4.69, 9.17) is 5.73 Å². The second kappa shape index (κ2) is 4.98. The molecule has 0 atom stereocenters. The fourth-order valence-corrected chi connectivity index (χ4v) is 1.12. The Morgan fingerprint density at radius 1 is 1.47 bits per heavy atom. The second-order valence-corrected chi connectivity index (χ2v) is 3.37. The highest BCUT2D eigenvalue weighted by molar-refractivity contribution is 5.92. The molecule has 0 unspecified atom stereocenters. The molecule has 8 heteroatoms. The van der Waals surface area contributed by atoms with Gasteiger partial charge in [0, 0.05) is 12.2 Å². The number of anilines is 1. The number of nitrogens with one attached hydrogen (secondary N) is 1. The third kappa shape index (κ3) is 4.66.